The summed E-state index contributed by atoms with van der Waals surface area (Å²) in [5.41, 5.74) is 1.14. The number of amides is 2. The standard InChI is InChI=1S/C22H26N2O4/c25-20(23-16-4-2-1-3-5-16)13-8-10-17(11-9-13)24-21(26)18-14-6-7-15(12-14)19(18)22(27)28/h6-11,14-16,18-19H,1-5,12H2,(H,23,25)(H,24,26)(H,27,28)/t14-,15-,18+,19-/m0/s1. The molecule has 0 aliphatic heterocycles. The van der Waals surface area contributed by atoms with Crippen LogP contribution < -0.4 is 10.6 Å². The summed E-state index contributed by atoms with van der Waals surface area (Å²) in [7, 11) is 0. The van der Waals surface area contributed by atoms with Gasteiger partial charge in [0.2, 0.25) is 5.91 Å². The number of carbonyl (C=O) groups is 3. The number of hydrogen-bond acceptors (Lipinski definition) is 3. The molecule has 3 aliphatic rings. The minimum atomic E-state index is -0.910. The molecule has 0 saturated heterocycles. The zero-order valence-corrected chi connectivity index (χ0v) is 15.8. The highest BCUT2D eigenvalue weighted by molar-refractivity contribution is 5.98. The Morgan fingerprint density at radius 3 is 2.18 bits per heavy atom. The van der Waals surface area contributed by atoms with Crippen LogP contribution in [-0.4, -0.2) is 28.9 Å². The van der Waals surface area contributed by atoms with Crippen molar-refractivity contribution < 1.29 is 19.5 Å². The zero-order valence-electron chi connectivity index (χ0n) is 15.8. The van der Waals surface area contributed by atoms with Gasteiger partial charge in [-0.2, -0.15) is 0 Å². The summed E-state index contributed by atoms with van der Waals surface area (Å²) in [6.45, 7) is 0. The molecule has 3 aliphatic carbocycles. The van der Waals surface area contributed by atoms with Crippen LogP contribution in [0.1, 0.15) is 48.9 Å². The SMILES string of the molecule is O=C(NC1CCCCC1)c1ccc(NC(=O)[C@H]2[C@@H](C(=O)O)[C@H]3C=C[C@H]2C3)cc1. The Labute approximate surface area is 164 Å². The van der Waals surface area contributed by atoms with Gasteiger partial charge in [0.25, 0.3) is 5.91 Å². The molecule has 6 heteroatoms. The molecule has 2 saturated carbocycles. The Balaban J connectivity index is 1.37. The van der Waals surface area contributed by atoms with Crippen LogP contribution in [-0.2, 0) is 9.59 Å². The average molecular weight is 382 g/mol. The molecule has 0 unspecified atom stereocenters. The maximum absolute atomic E-state index is 12.7. The first kappa shape index (κ1) is 18.7. The van der Waals surface area contributed by atoms with E-state index in [4.69, 9.17) is 0 Å². The highest BCUT2D eigenvalue weighted by Crippen LogP contribution is 2.48. The minimum Gasteiger partial charge on any atom is -0.481 e. The van der Waals surface area contributed by atoms with Crippen molar-refractivity contribution in [2.24, 2.45) is 23.7 Å². The Kier molecular flexibility index (Phi) is 5.20. The third-order valence-electron chi connectivity index (χ3n) is 6.40. The quantitative estimate of drug-likeness (QED) is 0.682. The zero-order chi connectivity index (χ0) is 19.7. The van der Waals surface area contributed by atoms with E-state index in [1.165, 1.54) is 6.42 Å². The molecule has 2 amide bonds. The molecular formula is C22H26N2O4. The molecular weight excluding hydrogens is 356 g/mol. The van der Waals surface area contributed by atoms with Crippen molar-refractivity contribution in [2.75, 3.05) is 5.32 Å². The van der Waals surface area contributed by atoms with Crippen LogP contribution >= 0.6 is 0 Å². The lowest BCUT2D eigenvalue weighted by atomic mass is 9.82. The van der Waals surface area contributed by atoms with E-state index < -0.39 is 17.8 Å². The predicted molar refractivity (Wildman–Crippen MR) is 105 cm³/mol. The number of aliphatic carboxylic acids is 1. The van der Waals surface area contributed by atoms with Gasteiger partial charge in [-0.05, 0) is 55.4 Å². The number of nitrogens with one attached hydrogen (secondary N) is 2. The molecule has 0 aromatic heterocycles. The Bertz CT molecular complexity index is 795. The maximum atomic E-state index is 12.7. The average Bonchev–Trinajstić information content (AvgIpc) is 3.31. The summed E-state index contributed by atoms with van der Waals surface area (Å²) in [4.78, 5) is 36.7. The first-order chi connectivity index (χ1) is 13.5. The molecule has 2 fully saturated rings. The van der Waals surface area contributed by atoms with Gasteiger partial charge < -0.3 is 15.7 Å². The van der Waals surface area contributed by atoms with Crippen LogP contribution in [0.2, 0.25) is 0 Å². The Morgan fingerprint density at radius 2 is 1.54 bits per heavy atom. The van der Waals surface area contributed by atoms with Gasteiger partial charge in [-0.3, -0.25) is 14.4 Å². The molecule has 4 atom stereocenters. The van der Waals surface area contributed by atoms with Crippen molar-refractivity contribution in [1.29, 1.82) is 0 Å². The van der Waals surface area contributed by atoms with Gasteiger partial charge in [0, 0.05) is 17.3 Å². The first-order valence-electron chi connectivity index (χ1n) is 10.2. The lowest BCUT2D eigenvalue weighted by Gasteiger charge is -2.24. The van der Waals surface area contributed by atoms with Crippen LogP contribution in [0.3, 0.4) is 0 Å². The van der Waals surface area contributed by atoms with Crippen molar-refractivity contribution in [3.63, 3.8) is 0 Å². The lowest BCUT2D eigenvalue weighted by molar-refractivity contribution is -0.146. The number of carbonyl (C=O) groups excluding carboxylic acids is 2. The second kappa shape index (κ2) is 7.78. The van der Waals surface area contributed by atoms with E-state index in [-0.39, 0.29) is 29.7 Å². The topological polar surface area (TPSA) is 95.5 Å². The summed E-state index contributed by atoms with van der Waals surface area (Å²) in [5, 5.41) is 15.4. The fraction of sp³-hybridized carbons (Fsp3) is 0.500. The van der Waals surface area contributed by atoms with Gasteiger partial charge >= 0.3 is 5.97 Å². The summed E-state index contributed by atoms with van der Waals surface area (Å²) >= 11 is 0. The van der Waals surface area contributed by atoms with Crippen LogP contribution in [0.15, 0.2) is 36.4 Å². The summed E-state index contributed by atoms with van der Waals surface area (Å²) < 4.78 is 0. The number of hydrogen-bond donors (Lipinski definition) is 3. The molecule has 2 bridgehead atoms. The first-order valence-corrected chi connectivity index (χ1v) is 10.2. The predicted octanol–water partition coefficient (Wildman–Crippen LogP) is 3.21. The van der Waals surface area contributed by atoms with Crippen molar-refractivity contribution in [3.05, 3.63) is 42.0 Å². The molecule has 1 aromatic carbocycles. The largest absolute Gasteiger partial charge is 0.481 e. The fourth-order valence-electron chi connectivity index (χ4n) is 4.96. The third kappa shape index (κ3) is 3.68. The lowest BCUT2D eigenvalue weighted by Crippen LogP contribution is -2.36. The van der Waals surface area contributed by atoms with E-state index in [9.17, 15) is 19.5 Å². The van der Waals surface area contributed by atoms with Crippen molar-refractivity contribution in [1.82, 2.24) is 5.32 Å². The smallest absolute Gasteiger partial charge is 0.307 e. The normalized spacial score (nSPS) is 28.9. The summed E-state index contributed by atoms with van der Waals surface area (Å²) in [5.74, 6) is -2.52. The number of anilines is 1. The third-order valence-corrected chi connectivity index (χ3v) is 6.40. The van der Waals surface area contributed by atoms with Crippen LogP contribution in [0.5, 0.6) is 0 Å². The Hall–Kier alpha value is -2.63. The molecule has 6 nitrogen and oxygen atoms in total. The molecule has 1 aromatic rings. The van der Waals surface area contributed by atoms with E-state index in [0.717, 1.165) is 32.1 Å². The highest BCUT2D eigenvalue weighted by Gasteiger charge is 2.51. The second-order valence-corrected chi connectivity index (χ2v) is 8.21. The van der Waals surface area contributed by atoms with E-state index >= 15 is 0 Å². The van der Waals surface area contributed by atoms with Gasteiger partial charge in [-0.1, -0.05) is 31.4 Å². The number of carboxylic acids is 1. The van der Waals surface area contributed by atoms with E-state index in [0.29, 0.717) is 11.3 Å². The second-order valence-electron chi connectivity index (χ2n) is 8.21. The van der Waals surface area contributed by atoms with E-state index in [1.807, 2.05) is 12.2 Å². The van der Waals surface area contributed by atoms with Gasteiger partial charge in [-0.25, -0.2) is 0 Å². The summed E-state index contributed by atoms with van der Waals surface area (Å²) in [6.07, 6.45) is 10.2. The van der Waals surface area contributed by atoms with Crippen LogP contribution in [0.4, 0.5) is 5.69 Å². The van der Waals surface area contributed by atoms with Crippen molar-refractivity contribution in [3.8, 4) is 0 Å². The van der Waals surface area contributed by atoms with Gasteiger partial charge in [0.15, 0.2) is 0 Å². The number of rotatable bonds is 5. The summed E-state index contributed by atoms with van der Waals surface area (Å²) in [6, 6.07) is 7.05. The monoisotopic (exact) mass is 382 g/mol. The fourth-order valence-corrected chi connectivity index (χ4v) is 4.96. The highest BCUT2D eigenvalue weighted by atomic mass is 16.4. The molecule has 0 radical (unpaired) electrons. The minimum absolute atomic E-state index is 0.00774. The molecule has 148 valence electrons. The van der Waals surface area contributed by atoms with E-state index in [2.05, 4.69) is 10.6 Å². The van der Waals surface area contributed by atoms with Gasteiger partial charge in [-0.15, -0.1) is 0 Å². The Morgan fingerprint density at radius 1 is 0.893 bits per heavy atom. The maximum Gasteiger partial charge on any atom is 0.307 e. The molecule has 4 rings (SSSR count). The van der Waals surface area contributed by atoms with Crippen molar-refractivity contribution in [2.45, 2.75) is 44.6 Å². The molecule has 0 spiro atoms. The molecule has 28 heavy (non-hydrogen) atoms. The van der Waals surface area contributed by atoms with Crippen LogP contribution in [0, 0.1) is 23.7 Å². The van der Waals surface area contributed by atoms with Crippen LogP contribution in [0.25, 0.3) is 0 Å². The number of carboxylic acid groups (broad SMARTS) is 1. The van der Waals surface area contributed by atoms with Crippen molar-refractivity contribution >= 4 is 23.5 Å². The van der Waals surface area contributed by atoms with Gasteiger partial charge in [0.1, 0.15) is 0 Å². The molecule has 0 heterocycles. The van der Waals surface area contributed by atoms with E-state index in [1.54, 1.807) is 24.3 Å². The number of allylic oxidation sites excluding steroid dienone is 2. The van der Waals surface area contributed by atoms with Gasteiger partial charge in [0.05, 0.1) is 11.8 Å². The number of fused-ring (bicyclic) bond motifs is 2. The number of benzene rings is 1. The molecule has 3 N–H and O–H groups in total.